The summed E-state index contributed by atoms with van der Waals surface area (Å²) in [6.45, 7) is 8.72. The Bertz CT molecular complexity index is 1050. The van der Waals surface area contributed by atoms with E-state index < -0.39 is 0 Å². The monoisotopic (exact) mass is 422 g/mol. The van der Waals surface area contributed by atoms with Crippen LogP contribution >= 0.6 is 0 Å². The highest BCUT2D eigenvalue weighted by Crippen LogP contribution is 2.32. The highest BCUT2D eigenvalue weighted by molar-refractivity contribution is 5.68. The van der Waals surface area contributed by atoms with Crippen molar-refractivity contribution in [2.75, 3.05) is 18.1 Å². The number of aromatic nitrogens is 2. The standard InChI is InChI=1S/C25H31FN4O/c1-15(2)16(3)21-12-19(26)8-10-24(21)31-11-5-6-18-7-9-20(27)13-22(18)23-14-29-25(28)17(4)30-23/h7-10,12-16H,5-6,11,27H2,1-4H3,(H2,28,29). The normalized spacial score (nSPS) is 12.2. The van der Waals surface area contributed by atoms with Crippen LogP contribution in [0.4, 0.5) is 15.9 Å². The Morgan fingerprint density at radius 3 is 2.55 bits per heavy atom. The predicted octanol–water partition coefficient (Wildman–Crippen LogP) is 5.53. The first kappa shape index (κ1) is 22.5. The topological polar surface area (TPSA) is 87.0 Å². The maximum Gasteiger partial charge on any atom is 0.144 e. The van der Waals surface area contributed by atoms with Crippen LogP contribution in [0.15, 0.2) is 42.6 Å². The summed E-state index contributed by atoms with van der Waals surface area (Å²) >= 11 is 0. The number of nitrogens with two attached hydrogens (primary N) is 2. The molecule has 6 heteroatoms. The number of benzene rings is 2. The van der Waals surface area contributed by atoms with Gasteiger partial charge in [-0.2, -0.15) is 0 Å². The molecular weight excluding hydrogens is 391 g/mol. The number of nitrogen functional groups attached to an aromatic ring is 2. The van der Waals surface area contributed by atoms with Crippen LogP contribution in [0.3, 0.4) is 0 Å². The molecule has 5 nitrogen and oxygen atoms in total. The number of hydrogen-bond donors (Lipinski definition) is 2. The van der Waals surface area contributed by atoms with Crippen LogP contribution < -0.4 is 16.2 Å². The van der Waals surface area contributed by atoms with Gasteiger partial charge in [-0.1, -0.05) is 26.8 Å². The largest absolute Gasteiger partial charge is 0.493 e. The first-order valence-corrected chi connectivity index (χ1v) is 10.7. The minimum Gasteiger partial charge on any atom is -0.493 e. The highest BCUT2D eigenvalue weighted by atomic mass is 19.1. The molecule has 0 radical (unpaired) electrons. The fourth-order valence-corrected chi connectivity index (χ4v) is 3.48. The molecule has 0 saturated carbocycles. The molecule has 0 aliphatic rings. The van der Waals surface area contributed by atoms with Crippen LogP contribution in [-0.4, -0.2) is 16.6 Å². The van der Waals surface area contributed by atoms with Crippen molar-refractivity contribution in [2.45, 2.75) is 46.5 Å². The first-order chi connectivity index (χ1) is 14.8. The van der Waals surface area contributed by atoms with E-state index in [2.05, 4.69) is 30.7 Å². The van der Waals surface area contributed by atoms with E-state index in [9.17, 15) is 4.39 Å². The Kier molecular flexibility index (Phi) is 7.10. The minimum atomic E-state index is -0.235. The number of rotatable bonds is 8. The lowest BCUT2D eigenvalue weighted by molar-refractivity contribution is 0.303. The van der Waals surface area contributed by atoms with E-state index in [-0.39, 0.29) is 11.7 Å². The third kappa shape index (κ3) is 5.51. The van der Waals surface area contributed by atoms with E-state index in [4.69, 9.17) is 16.2 Å². The van der Waals surface area contributed by atoms with Crippen molar-refractivity contribution in [1.82, 2.24) is 9.97 Å². The molecule has 0 aliphatic heterocycles. The van der Waals surface area contributed by atoms with Crippen LogP contribution in [0, 0.1) is 18.7 Å². The maximum atomic E-state index is 13.8. The van der Waals surface area contributed by atoms with Gasteiger partial charge in [-0.3, -0.25) is 0 Å². The molecule has 31 heavy (non-hydrogen) atoms. The Labute approximate surface area is 183 Å². The zero-order valence-corrected chi connectivity index (χ0v) is 18.7. The molecule has 1 unspecified atom stereocenters. The zero-order chi connectivity index (χ0) is 22.5. The van der Waals surface area contributed by atoms with Gasteiger partial charge in [0.1, 0.15) is 17.4 Å². The number of anilines is 2. The predicted molar refractivity (Wildman–Crippen MR) is 124 cm³/mol. The van der Waals surface area contributed by atoms with Gasteiger partial charge in [0.2, 0.25) is 0 Å². The van der Waals surface area contributed by atoms with Gasteiger partial charge >= 0.3 is 0 Å². The molecule has 4 N–H and O–H groups in total. The lowest BCUT2D eigenvalue weighted by Crippen LogP contribution is -2.08. The molecule has 1 atom stereocenters. The van der Waals surface area contributed by atoms with Gasteiger partial charge in [0.25, 0.3) is 0 Å². The summed E-state index contributed by atoms with van der Waals surface area (Å²) in [6.07, 6.45) is 3.26. The van der Waals surface area contributed by atoms with E-state index in [1.807, 2.05) is 25.1 Å². The molecule has 0 bridgehead atoms. The van der Waals surface area contributed by atoms with Crippen molar-refractivity contribution in [3.05, 3.63) is 65.2 Å². The van der Waals surface area contributed by atoms with E-state index in [0.717, 1.165) is 41.0 Å². The van der Waals surface area contributed by atoms with Gasteiger partial charge in [-0.05, 0) is 67.5 Å². The van der Waals surface area contributed by atoms with Crippen molar-refractivity contribution in [3.8, 4) is 17.0 Å². The average Bonchev–Trinajstić information content (AvgIpc) is 2.74. The molecule has 1 aromatic heterocycles. The Hall–Kier alpha value is -3.15. The van der Waals surface area contributed by atoms with Crippen molar-refractivity contribution >= 4 is 11.5 Å². The van der Waals surface area contributed by atoms with E-state index in [1.165, 1.54) is 6.07 Å². The molecule has 2 aromatic carbocycles. The number of nitrogens with zero attached hydrogens (tertiary/aromatic N) is 2. The molecule has 0 saturated heterocycles. The summed E-state index contributed by atoms with van der Waals surface area (Å²) in [5.41, 5.74) is 16.9. The van der Waals surface area contributed by atoms with Gasteiger partial charge in [0, 0.05) is 16.8 Å². The van der Waals surface area contributed by atoms with Crippen LogP contribution in [0.25, 0.3) is 11.3 Å². The molecular formula is C25H31FN4O. The first-order valence-electron chi connectivity index (χ1n) is 10.7. The van der Waals surface area contributed by atoms with Gasteiger partial charge in [-0.15, -0.1) is 0 Å². The lowest BCUT2D eigenvalue weighted by atomic mass is 9.89. The van der Waals surface area contributed by atoms with E-state index in [0.29, 0.717) is 29.7 Å². The second kappa shape index (κ2) is 9.77. The maximum absolute atomic E-state index is 13.8. The fourth-order valence-electron chi connectivity index (χ4n) is 3.48. The van der Waals surface area contributed by atoms with Crippen molar-refractivity contribution in [3.63, 3.8) is 0 Å². The molecule has 0 fully saturated rings. The summed E-state index contributed by atoms with van der Waals surface area (Å²) in [6, 6.07) is 10.6. The summed E-state index contributed by atoms with van der Waals surface area (Å²) in [5.74, 6) is 1.54. The smallest absolute Gasteiger partial charge is 0.144 e. The van der Waals surface area contributed by atoms with E-state index in [1.54, 1.807) is 18.3 Å². The van der Waals surface area contributed by atoms with Crippen LogP contribution in [0.5, 0.6) is 5.75 Å². The van der Waals surface area contributed by atoms with Crippen LogP contribution in [0.1, 0.15) is 49.9 Å². The second-order valence-corrected chi connectivity index (χ2v) is 8.31. The quantitative estimate of drug-likeness (QED) is 0.368. The minimum absolute atomic E-state index is 0.210. The van der Waals surface area contributed by atoms with Crippen LogP contribution in [-0.2, 0) is 6.42 Å². The third-order valence-electron chi connectivity index (χ3n) is 5.71. The molecule has 3 aromatic rings. The molecule has 3 rings (SSSR count). The molecule has 0 spiro atoms. The Morgan fingerprint density at radius 1 is 1.06 bits per heavy atom. The fraction of sp³-hybridized carbons (Fsp3) is 0.360. The Balaban J connectivity index is 1.72. The Morgan fingerprint density at radius 2 is 1.84 bits per heavy atom. The SMILES string of the molecule is Cc1nc(-c2cc(N)ccc2CCCOc2ccc(F)cc2C(C)C(C)C)cnc1N. The number of hydrogen-bond acceptors (Lipinski definition) is 5. The highest BCUT2D eigenvalue weighted by Gasteiger charge is 2.16. The van der Waals surface area contributed by atoms with Gasteiger partial charge in [0.15, 0.2) is 0 Å². The van der Waals surface area contributed by atoms with Crippen LogP contribution in [0.2, 0.25) is 0 Å². The molecule has 0 amide bonds. The summed E-state index contributed by atoms with van der Waals surface area (Å²) in [5, 5.41) is 0. The van der Waals surface area contributed by atoms with E-state index >= 15 is 0 Å². The number of ether oxygens (including phenoxy) is 1. The molecule has 164 valence electrons. The summed E-state index contributed by atoms with van der Waals surface area (Å²) in [7, 11) is 0. The van der Waals surface area contributed by atoms with Gasteiger partial charge in [0.05, 0.1) is 24.2 Å². The molecule has 1 heterocycles. The summed E-state index contributed by atoms with van der Waals surface area (Å²) in [4.78, 5) is 8.79. The average molecular weight is 423 g/mol. The number of halogens is 1. The summed E-state index contributed by atoms with van der Waals surface area (Å²) < 4.78 is 19.8. The second-order valence-electron chi connectivity index (χ2n) is 8.31. The zero-order valence-electron chi connectivity index (χ0n) is 18.7. The van der Waals surface area contributed by atoms with Crippen molar-refractivity contribution < 1.29 is 9.13 Å². The van der Waals surface area contributed by atoms with Gasteiger partial charge < -0.3 is 16.2 Å². The van der Waals surface area contributed by atoms with Crippen molar-refractivity contribution in [2.24, 2.45) is 5.92 Å². The van der Waals surface area contributed by atoms with Crippen molar-refractivity contribution in [1.29, 1.82) is 0 Å². The third-order valence-corrected chi connectivity index (χ3v) is 5.71. The van der Waals surface area contributed by atoms with Gasteiger partial charge in [-0.25, -0.2) is 14.4 Å². The number of aryl methyl sites for hydroxylation is 2. The molecule has 0 aliphatic carbocycles. The lowest BCUT2D eigenvalue weighted by Gasteiger charge is -2.20.